The second-order valence-electron chi connectivity index (χ2n) is 4.48. The van der Waals surface area contributed by atoms with Crippen LogP contribution >= 0.6 is 0 Å². The molecule has 1 fully saturated rings. The summed E-state index contributed by atoms with van der Waals surface area (Å²) in [6, 6.07) is 1.80. The summed E-state index contributed by atoms with van der Waals surface area (Å²) in [7, 11) is 0. The van der Waals surface area contributed by atoms with Crippen molar-refractivity contribution < 1.29 is 9.59 Å². The second kappa shape index (κ2) is 6.18. The first-order chi connectivity index (χ1) is 8.75. The molecule has 0 atom stereocenters. The van der Waals surface area contributed by atoms with Crippen molar-refractivity contribution in [3.05, 3.63) is 18.0 Å². The molecule has 2 rings (SSSR count). The molecule has 18 heavy (non-hydrogen) atoms. The molecule has 1 aromatic rings. The number of hydrogen-bond donors (Lipinski definition) is 2. The number of hydrogen-bond acceptors (Lipinski definition) is 3. The third-order valence-electron chi connectivity index (χ3n) is 3.04. The zero-order valence-electron chi connectivity index (χ0n) is 10.3. The van der Waals surface area contributed by atoms with Gasteiger partial charge in [0.2, 0.25) is 11.8 Å². The normalized spacial score (nSPS) is 16.4. The summed E-state index contributed by atoms with van der Waals surface area (Å²) < 4.78 is 0. The van der Waals surface area contributed by atoms with Crippen LogP contribution in [0.15, 0.2) is 12.3 Å². The number of H-pyrrole nitrogens is 1. The molecule has 98 valence electrons. The van der Waals surface area contributed by atoms with Crippen molar-refractivity contribution in [1.82, 2.24) is 20.4 Å². The van der Waals surface area contributed by atoms with E-state index in [1.807, 2.05) is 0 Å². The molecule has 6 nitrogen and oxygen atoms in total. The van der Waals surface area contributed by atoms with E-state index in [1.54, 1.807) is 17.2 Å². The molecule has 0 radical (unpaired) electrons. The first kappa shape index (κ1) is 12.6. The molecule has 1 aromatic heterocycles. The van der Waals surface area contributed by atoms with Crippen molar-refractivity contribution in [1.29, 1.82) is 0 Å². The maximum atomic E-state index is 11.7. The van der Waals surface area contributed by atoms with Crippen molar-refractivity contribution in [3.63, 3.8) is 0 Å². The lowest BCUT2D eigenvalue weighted by Gasteiger charge is -2.19. The van der Waals surface area contributed by atoms with Gasteiger partial charge in [0.15, 0.2) is 0 Å². The number of aromatic nitrogens is 2. The Morgan fingerprint density at radius 2 is 2.33 bits per heavy atom. The molecule has 0 unspecified atom stereocenters. The van der Waals surface area contributed by atoms with E-state index < -0.39 is 0 Å². The van der Waals surface area contributed by atoms with Gasteiger partial charge in [0, 0.05) is 19.2 Å². The minimum atomic E-state index is -0.125. The molecule has 1 aliphatic rings. The summed E-state index contributed by atoms with van der Waals surface area (Å²) in [4.78, 5) is 25.1. The van der Waals surface area contributed by atoms with Crippen molar-refractivity contribution >= 4 is 11.8 Å². The van der Waals surface area contributed by atoms with Crippen molar-refractivity contribution in [2.45, 2.75) is 32.2 Å². The zero-order chi connectivity index (χ0) is 12.8. The molecule has 1 aliphatic heterocycles. The molecular formula is C12H18N4O2. The smallest absolute Gasteiger partial charge is 0.239 e. The van der Waals surface area contributed by atoms with E-state index in [9.17, 15) is 9.59 Å². The van der Waals surface area contributed by atoms with Crippen LogP contribution in [-0.2, 0) is 16.1 Å². The SMILES string of the molecule is O=C(CN1CCCCCC1=O)NCc1ccn[nH]1. The molecule has 0 aromatic carbocycles. The number of carbonyl (C=O) groups is 2. The quantitative estimate of drug-likeness (QED) is 0.813. The van der Waals surface area contributed by atoms with Gasteiger partial charge < -0.3 is 10.2 Å². The summed E-state index contributed by atoms with van der Waals surface area (Å²) in [5, 5.41) is 9.34. The van der Waals surface area contributed by atoms with Crippen molar-refractivity contribution in [2.75, 3.05) is 13.1 Å². The lowest BCUT2D eigenvalue weighted by Crippen LogP contribution is -2.40. The minimum Gasteiger partial charge on any atom is -0.349 e. The fourth-order valence-electron chi connectivity index (χ4n) is 2.01. The molecule has 0 bridgehead atoms. The molecule has 2 heterocycles. The van der Waals surface area contributed by atoms with Crippen LogP contribution < -0.4 is 5.32 Å². The second-order valence-corrected chi connectivity index (χ2v) is 4.48. The van der Waals surface area contributed by atoms with Crippen molar-refractivity contribution in [2.24, 2.45) is 0 Å². The first-order valence-electron chi connectivity index (χ1n) is 6.28. The minimum absolute atomic E-state index is 0.0872. The van der Waals surface area contributed by atoms with Crippen molar-refractivity contribution in [3.8, 4) is 0 Å². The number of carbonyl (C=O) groups excluding carboxylic acids is 2. The Labute approximate surface area is 106 Å². The van der Waals surface area contributed by atoms with Crippen LogP contribution in [0.4, 0.5) is 0 Å². The highest BCUT2D eigenvalue weighted by Crippen LogP contribution is 2.10. The fourth-order valence-corrected chi connectivity index (χ4v) is 2.01. The zero-order valence-corrected chi connectivity index (χ0v) is 10.3. The van der Waals surface area contributed by atoms with Gasteiger partial charge in [-0.25, -0.2) is 0 Å². The van der Waals surface area contributed by atoms with Crippen LogP contribution in [0.2, 0.25) is 0 Å². The van der Waals surface area contributed by atoms with Gasteiger partial charge in [-0.2, -0.15) is 5.10 Å². The van der Waals surface area contributed by atoms with E-state index in [0.29, 0.717) is 19.5 Å². The van der Waals surface area contributed by atoms with Crippen LogP contribution in [0.5, 0.6) is 0 Å². The largest absolute Gasteiger partial charge is 0.349 e. The van der Waals surface area contributed by atoms with E-state index in [-0.39, 0.29) is 18.4 Å². The highest BCUT2D eigenvalue weighted by Gasteiger charge is 2.18. The Bertz CT molecular complexity index is 402. The number of likely N-dealkylation sites (tertiary alicyclic amines) is 1. The molecule has 6 heteroatoms. The van der Waals surface area contributed by atoms with Gasteiger partial charge in [-0.1, -0.05) is 6.42 Å². The molecule has 0 saturated carbocycles. The molecular weight excluding hydrogens is 232 g/mol. The Hall–Kier alpha value is -1.85. The summed E-state index contributed by atoms with van der Waals surface area (Å²) in [5.74, 6) is -0.0379. The Morgan fingerprint density at radius 1 is 1.44 bits per heavy atom. The molecule has 2 N–H and O–H groups in total. The van der Waals surface area contributed by atoms with Gasteiger partial charge in [-0.05, 0) is 18.9 Å². The topological polar surface area (TPSA) is 78.1 Å². The molecule has 1 saturated heterocycles. The van der Waals surface area contributed by atoms with Crippen LogP contribution in [-0.4, -0.2) is 40.0 Å². The van der Waals surface area contributed by atoms with E-state index in [1.165, 1.54) is 0 Å². The highest BCUT2D eigenvalue weighted by molar-refractivity contribution is 5.84. The number of nitrogens with zero attached hydrogens (tertiary/aromatic N) is 2. The van der Waals surface area contributed by atoms with E-state index in [2.05, 4.69) is 15.5 Å². The third kappa shape index (κ3) is 3.58. The maximum Gasteiger partial charge on any atom is 0.239 e. The number of rotatable bonds is 4. The van der Waals surface area contributed by atoms with E-state index in [4.69, 9.17) is 0 Å². The standard InChI is InChI=1S/C12H18N4O2/c17-11(13-8-10-5-6-14-15-10)9-16-7-3-1-2-4-12(16)18/h5-6H,1-4,7-9H2,(H,13,17)(H,14,15). The highest BCUT2D eigenvalue weighted by atomic mass is 16.2. The fraction of sp³-hybridized carbons (Fsp3) is 0.583. The summed E-state index contributed by atoms with van der Waals surface area (Å²) >= 11 is 0. The third-order valence-corrected chi connectivity index (χ3v) is 3.04. The first-order valence-corrected chi connectivity index (χ1v) is 6.28. The predicted octanol–water partition coefficient (Wildman–Crippen LogP) is 0.428. The predicted molar refractivity (Wildman–Crippen MR) is 65.5 cm³/mol. The summed E-state index contributed by atoms with van der Waals surface area (Å²) in [5.41, 5.74) is 0.852. The maximum absolute atomic E-state index is 11.7. The van der Waals surface area contributed by atoms with Gasteiger partial charge in [0.05, 0.1) is 18.8 Å². The van der Waals surface area contributed by atoms with E-state index in [0.717, 1.165) is 25.0 Å². The van der Waals surface area contributed by atoms with Gasteiger partial charge in [0.1, 0.15) is 0 Å². The van der Waals surface area contributed by atoms with Gasteiger partial charge in [-0.15, -0.1) is 0 Å². The summed E-state index contributed by atoms with van der Waals surface area (Å²) in [6.45, 7) is 1.27. The van der Waals surface area contributed by atoms with E-state index >= 15 is 0 Å². The Kier molecular flexibility index (Phi) is 4.33. The van der Waals surface area contributed by atoms with Crippen LogP contribution in [0.25, 0.3) is 0 Å². The Balaban J connectivity index is 1.77. The lowest BCUT2D eigenvalue weighted by atomic mass is 10.2. The van der Waals surface area contributed by atoms with Crippen LogP contribution in [0.1, 0.15) is 31.4 Å². The number of amides is 2. The molecule has 2 amide bonds. The summed E-state index contributed by atoms with van der Waals surface area (Å²) in [6.07, 6.45) is 5.19. The van der Waals surface area contributed by atoms with Crippen LogP contribution in [0.3, 0.4) is 0 Å². The van der Waals surface area contributed by atoms with Crippen LogP contribution in [0, 0.1) is 0 Å². The monoisotopic (exact) mass is 250 g/mol. The molecule has 0 aliphatic carbocycles. The van der Waals surface area contributed by atoms with Gasteiger partial charge in [0.25, 0.3) is 0 Å². The lowest BCUT2D eigenvalue weighted by molar-refractivity contribution is -0.135. The average Bonchev–Trinajstić information content (AvgIpc) is 2.80. The van der Waals surface area contributed by atoms with Gasteiger partial charge in [-0.3, -0.25) is 14.7 Å². The molecule has 0 spiro atoms. The number of aromatic amines is 1. The number of nitrogens with one attached hydrogen (secondary N) is 2. The van der Waals surface area contributed by atoms with Gasteiger partial charge >= 0.3 is 0 Å². The average molecular weight is 250 g/mol. The Morgan fingerprint density at radius 3 is 3.11 bits per heavy atom.